The zero-order valence-electron chi connectivity index (χ0n) is 13.3. The van der Waals surface area contributed by atoms with E-state index in [1.807, 2.05) is 4.90 Å². The van der Waals surface area contributed by atoms with Crippen molar-refractivity contribution < 1.29 is 14.7 Å². The highest BCUT2D eigenvalue weighted by molar-refractivity contribution is 7.09. The largest absolute Gasteiger partial charge is 0.481 e. The molecule has 1 aliphatic rings. The molecular formula is C16H20N4O3S. The maximum Gasteiger partial charge on any atom is 0.305 e. The van der Waals surface area contributed by atoms with E-state index in [0.717, 1.165) is 19.6 Å². The lowest BCUT2D eigenvalue weighted by atomic mass is 10.2. The van der Waals surface area contributed by atoms with E-state index in [2.05, 4.69) is 27.5 Å². The summed E-state index contributed by atoms with van der Waals surface area (Å²) in [6.07, 6.45) is 3.14. The molecule has 3 rings (SSSR count). The van der Waals surface area contributed by atoms with E-state index < -0.39 is 5.97 Å². The molecule has 2 aromatic heterocycles. The number of carboxylic acids is 1. The Kier molecular flexibility index (Phi) is 5.27. The maximum absolute atomic E-state index is 12.5. The molecule has 0 saturated carbocycles. The Hall–Kier alpha value is -2.19. The standard InChI is InChI=1S/C16H20N4O3S/c21-15(22)3-4-20-11-13(10-17-20)16(23)19-7-5-18(6-8-19)12-14-2-1-9-24-14/h1-2,9-11H,3-8,12H2,(H,21,22). The van der Waals surface area contributed by atoms with Gasteiger partial charge in [0.25, 0.3) is 5.91 Å². The van der Waals surface area contributed by atoms with Crippen molar-refractivity contribution in [3.63, 3.8) is 0 Å². The fraction of sp³-hybridized carbons (Fsp3) is 0.438. The molecule has 1 fully saturated rings. The second-order valence-electron chi connectivity index (χ2n) is 5.78. The molecule has 2 aromatic rings. The number of carbonyl (C=O) groups is 2. The summed E-state index contributed by atoms with van der Waals surface area (Å²) in [5.74, 6) is -0.910. The van der Waals surface area contributed by atoms with E-state index in [9.17, 15) is 9.59 Å². The van der Waals surface area contributed by atoms with Gasteiger partial charge in [-0.2, -0.15) is 5.10 Å². The number of hydrogen-bond acceptors (Lipinski definition) is 5. The van der Waals surface area contributed by atoms with Gasteiger partial charge in [-0.05, 0) is 11.4 Å². The summed E-state index contributed by atoms with van der Waals surface area (Å²) < 4.78 is 1.51. The highest BCUT2D eigenvalue weighted by Gasteiger charge is 2.23. The molecule has 8 heteroatoms. The van der Waals surface area contributed by atoms with Gasteiger partial charge in [-0.25, -0.2) is 0 Å². The molecule has 128 valence electrons. The van der Waals surface area contributed by atoms with Crippen molar-refractivity contribution in [1.29, 1.82) is 0 Å². The van der Waals surface area contributed by atoms with Crippen molar-refractivity contribution in [1.82, 2.24) is 19.6 Å². The molecule has 1 aliphatic heterocycles. The Bertz CT molecular complexity index is 690. The van der Waals surface area contributed by atoms with Gasteiger partial charge in [0.05, 0.1) is 24.7 Å². The molecule has 0 unspecified atom stereocenters. The zero-order chi connectivity index (χ0) is 16.9. The van der Waals surface area contributed by atoms with Crippen LogP contribution in [0, 0.1) is 0 Å². The smallest absolute Gasteiger partial charge is 0.305 e. The molecule has 0 spiro atoms. The number of thiophene rings is 1. The lowest BCUT2D eigenvalue weighted by molar-refractivity contribution is -0.137. The summed E-state index contributed by atoms with van der Waals surface area (Å²) in [5, 5.41) is 14.8. The van der Waals surface area contributed by atoms with Crippen molar-refractivity contribution in [2.75, 3.05) is 26.2 Å². The van der Waals surface area contributed by atoms with Crippen LogP contribution in [-0.2, 0) is 17.9 Å². The van der Waals surface area contributed by atoms with Crippen LogP contribution in [0.3, 0.4) is 0 Å². The fourth-order valence-electron chi connectivity index (χ4n) is 2.72. The van der Waals surface area contributed by atoms with Crippen LogP contribution in [0.1, 0.15) is 21.7 Å². The van der Waals surface area contributed by atoms with Gasteiger partial charge in [-0.3, -0.25) is 19.2 Å². The molecule has 0 atom stereocenters. The number of aryl methyl sites for hydroxylation is 1. The summed E-state index contributed by atoms with van der Waals surface area (Å²) >= 11 is 1.75. The first-order chi connectivity index (χ1) is 11.6. The lowest BCUT2D eigenvalue weighted by Gasteiger charge is -2.34. The van der Waals surface area contributed by atoms with E-state index >= 15 is 0 Å². The van der Waals surface area contributed by atoms with Gasteiger partial charge in [-0.15, -0.1) is 11.3 Å². The number of aromatic nitrogens is 2. The SMILES string of the molecule is O=C(O)CCn1cc(C(=O)N2CCN(Cc3cccs3)CC2)cn1. The van der Waals surface area contributed by atoms with Crippen molar-refractivity contribution in [3.8, 4) is 0 Å². The molecule has 3 heterocycles. The van der Waals surface area contributed by atoms with Crippen LogP contribution in [0.15, 0.2) is 29.9 Å². The van der Waals surface area contributed by atoms with E-state index in [1.54, 1.807) is 17.5 Å². The number of hydrogen-bond donors (Lipinski definition) is 1. The van der Waals surface area contributed by atoms with Crippen molar-refractivity contribution >= 4 is 23.2 Å². The van der Waals surface area contributed by atoms with Gasteiger partial charge in [0.1, 0.15) is 0 Å². The highest BCUT2D eigenvalue weighted by atomic mass is 32.1. The summed E-state index contributed by atoms with van der Waals surface area (Å²) in [4.78, 5) is 28.6. The van der Waals surface area contributed by atoms with Gasteiger partial charge >= 0.3 is 5.97 Å². The summed E-state index contributed by atoms with van der Waals surface area (Å²) in [7, 11) is 0. The van der Waals surface area contributed by atoms with E-state index in [1.165, 1.54) is 15.8 Å². The van der Waals surface area contributed by atoms with Crippen molar-refractivity contribution in [3.05, 3.63) is 40.3 Å². The second kappa shape index (κ2) is 7.59. The normalized spacial score (nSPS) is 15.6. The monoisotopic (exact) mass is 348 g/mol. The second-order valence-corrected chi connectivity index (χ2v) is 6.82. The third-order valence-electron chi connectivity index (χ3n) is 4.05. The Morgan fingerprint density at radius 1 is 1.25 bits per heavy atom. The first-order valence-corrected chi connectivity index (χ1v) is 8.78. The van der Waals surface area contributed by atoms with Crippen LogP contribution < -0.4 is 0 Å². The van der Waals surface area contributed by atoms with Crippen LogP contribution in [0.2, 0.25) is 0 Å². The van der Waals surface area contributed by atoms with E-state index in [4.69, 9.17) is 5.11 Å². The van der Waals surface area contributed by atoms with Gasteiger partial charge in [0, 0.05) is 43.8 Å². The highest BCUT2D eigenvalue weighted by Crippen LogP contribution is 2.14. The van der Waals surface area contributed by atoms with Crippen LogP contribution in [0.5, 0.6) is 0 Å². The van der Waals surface area contributed by atoms with Gasteiger partial charge < -0.3 is 10.0 Å². The molecule has 1 N–H and O–H groups in total. The Morgan fingerprint density at radius 3 is 2.71 bits per heavy atom. The number of carboxylic acid groups (broad SMARTS) is 1. The molecule has 1 amide bonds. The maximum atomic E-state index is 12.5. The summed E-state index contributed by atoms with van der Waals surface area (Å²) in [6.45, 7) is 4.33. The molecule has 0 radical (unpaired) electrons. The average molecular weight is 348 g/mol. The number of rotatable bonds is 6. The fourth-order valence-corrected chi connectivity index (χ4v) is 3.47. The summed E-state index contributed by atoms with van der Waals surface area (Å²) in [5.41, 5.74) is 0.520. The lowest BCUT2D eigenvalue weighted by Crippen LogP contribution is -2.48. The first kappa shape index (κ1) is 16.7. The number of aliphatic carboxylic acids is 1. The number of amides is 1. The number of nitrogens with zero attached hydrogens (tertiary/aromatic N) is 4. The minimum Gasteiger partial charge on any atom is -0.481 e. The van der Waals surface area contributed by atoms with E-state index in [0.29, 0.717) is 18.7 Å². The number of piperazine rings is 1. The Labute approximate surface area is 144 Å². The molecule has 0 aliphatic carbocycles. The third kappa shape index (κ3) is 4.21. The van der Waals surface area contributed by atoms with Crippen LogP contribution >= 0.6 is 11.3 Å². The molecule has 1 saturated heterocycles. The van der Waals surface area contributed by atoms with Gasteiger partial charge in [-0.1, -0.05) is 6.07 Å². The molecule has 7 nitrogen and oxygen atoms in total. The minimum absolute atomic E-state index is 0.00327. The van der Waals surface area contributed by atoms with E-state index in [-0.39, 0.29) is 18.9 Å². The van der Waals surface area contributed by atoms with Crippen LogP contribution in [-0.4, -0.2) is 62.7 Å². The van der Waals surface area contributed by atoms with Crippen LogP contribution in [0.4, 0.5) is 0 Å². The molecule has 0 aromatic carbocycles. The van der Waals surface area contributed by atoms with Crippen LogP contribution in [0.25, 0.3) is 0 Å². The van der Waals surface area contributed by atoms with Crippen molar-refractivity contribution in [2.24, 2.45) is 0 Å². The first-order valence-electron chi connectivity index (χ1n) is 7.90. The van der Waals surface area contributed by atoms with Gasteiger partial charge in [0.2, 0.25) is 0 Å². The summed E-state index contributed by atoms with van der Waals surface area (Å²) in [6, 6.07) is 4.19. The molecular weight excluding hydrogens is 328 g/mol. The Morgan fingerprint density at radius 2 is 2.04 bits per heavy atom. The number of carbonyl (C=O) groups excluding carboxylic acids is 1. The molecule has 0 bridgehead atoms. The molecule has 24 heavy (non-hydrogen) atoms. The predicted molar refractivity (Wildman–Crippen MR) is 90.0 cm³/mol. The van der Waals surface area contributed by atoms with Gasteiger partial charge in [0.15, 0.2) is 0 Å². The average Bonchev–Trinajstić information content (AvgIpc) is 3.24. The third-order valence-corrected chi connectivity index (χ3v) is 4.92. The Balaban J connectivity index is 1.50. The topological polar surface area (TPSA) is 78.7 Å². The zero-order valence-corrected chi connectivity index (χ0v) is 14.1. The minimum atomic E-state index is -0.875. The predicted octanol–water partition coefficient (Wildman–Crippen LogP) is 1.38. The van der Waals surface area contributed by atoms with Crippen molar-refractivity contribution in [2.45, 2.75) is 19.5 Å². The quantitative estimate of drug-likeness (QED) is 0.853.